The van der Waals surface area contributed by atoms with Crippen LogP contribution in [0.25, 0.3) is 0 Å². The van der Waals surface area contributed by atoms with Crippen LogP contribution in [0.1, 0.15) is 35.4 Å². The Morgan fingerprint density at radius 3 is 2.45 bits per heavy atom. The van der Waals surface area contributed by atoms with Gasteiger partial charge in [0, 0.05) is 22.4 Å². The number of carbonyl (C=O) groups excluding carboxylic acids is 1. The second-order valence-electron chi connectivity index (χ2n) is 5.66. The predicted octanol–water partition coefficient (Wildman–Crippen LogP) is 5.37. The Balaban J connectivity index is 1.54. The van der Waals surface area contributed by atoms with Crippen LogP contribution < -0.4 is 10.6 Å². The molecule has 3 nitrogen and oxygen atoms in total. The Kier molecular flexibility index (Phi) is 5.16. The van der Waals surface area contributed by atoms with Crippen LogP contribution in [0.15, 0.2) is 40.2 Å². The topological polar surface area (TPSA) is 41.1 Å². The molecule has 0 unspecified atom stereocenters. The third-order valence-electron chi connectivity index (χ3n) is 4.04. The molecular weight excluding hydrogens is 360 g/mol. The molecule has 1 saturated carbocycles. The lowest BCUT2D eigenvalue weighted by molar-refractivity contribution is 0.103. The third kappa shape index (κ3) is 3.90. The van der Waals surface area contributed by atoms with Crippen LogP contribution in [0.4, 0.5) is 11.4 Å². The van der Waals surface area contributed by atoms with Gasteiger partial charge in [-0.05, 0) is 70.4 Å². The first kappa shape index (κ1) is 15.6. The summed E-state index contributed by atoms with van der Waals surface area (Å²) >= 11 is 4.82. The van der Waals surface area contributed by atoms with Gasteiger partial charge < -0.3 is 10.6 Å². The van der Waals surface area contributed by atoms with E-state index in [1.54, 1.807) is 0 Å². The molecule has 3 rings (SSSR count). The van der Waals surface area contributed by atoms with Gasteiger partial charge in [0.25, 0.3) is 5.91 Å². The molecule has 0 atom stereocenters. The number of thiophene rings is 1. The first-order chi connectivity index (χ1) is 10.7. The van der Waals surface area contributed by atoms with Crippen molar-refractivity contribution >= 4 is 44.5 Å². The fraction of sp³-hybridized carbons (Fsp3) is 0.353. The molecule has 1 heterocycles. The van der Waals surface area contributed by atoms with E-state index >= 15 is 0 Å². The molecule has 1 aromatic heterocycles. The molecule has 1 aromatic carbocycles. The van der Waals surface area contributed by atoms with Crippen LogP contribution in [-0.2, 0) is 0 Å². The van der Waals surface area contributed by atoms with Crippen molar-refractivity contribution in [3.63, 3.8) is 0 Å². The van der Waals surface area contributed by atoms with E-state index in [2.05, 4.69) is 26.6 Å². The van der Waals surface area contributed by atoms with E-state index in [9.17, 15) is 4.79 Å². The van der Waals surface area contributed by atoms with E-state index in [0.717, 1.165) is 28.3 Å². The Morgan fingerprint density at radius 2 is 1.82 bits per heavy atom. The molecule has 0 aliphatic heterocycles. The Hall–Kier alpha value is -1.33. The zero-order valence-electron chi connectivity index (χ0n) is 12.3. The van der Waals surface area contributed by atoms with Gasteiger partial charge >= 0.3 is 0 Å². The van der Waals surface area contributed by atoms with Crippen molar-refractivity contribution in [2.24, 2.45) is 5.92 Å². The molecule has 22 heavy (non-hydrogen) atoms. The highest BCUT2D eigenvalue weighted by molar-refractivity contribution is 9.10. The highest BCUT2D eigenvalue weighted by Gasteiger charge is 2.14. The summed E-state index contributed by atoms with van der Waals surface area (Å²) < 4.78 is 0.838. The molecule has 1 aliphatic carbocycles. The van der Waals surface area contributed by atoms with E-state index in [4.69, 9.17) is 0 Å². The number of benzene rings is 1. The van der Waals surface area contributed by atoms with Gasteiger partial charge in [0.1, 0.15) is 4.88 Å². The van der Waals surface area contributed by atoms with E-state index in [1.165, 1.54) is 37.0 Å². The summed E-state index contributed by atoms with van der Waals surface area (Å²) in [5, 5.41) is 8.31. The number of rotatable bonds is 5. The summed E-state index contributed by atoms with van der Waals surface area (Å²) in [5.74, 6) is 0.740. The number of carbonyl (C=O) groups is 1. The zero-order valence-corrected chi connectivity index (χ0v) is 14.7. The first-order valence-corrected chi connectivity index (χ1v) is 9.28. The maximum Gasteiger partial charge on any atom is 0.266 e. The number of halogens is 1. The lowest BCUT2D eigenvalue weighted by Crippen LogP contribution is -2.12. The molecule has 2 N–H and O–H groups in total. The summed E-state index contributed by atoms with van der Waals surface area (Å²) in [6.45, 7) is 1.05. The van der Waals surface area contributed by atoms with E-state index in [-0.39, 0.29) is 5.91 Å². The van der Waals surface area contributed by atoms with Gasteiger partial charge in [-0.25, -0.2) is 0 Å². The maximum atomic E-state index is 12.1. The minimum Gasteiger partial charge on any atom is -0.385 e. The molecule has 2 aromatic rings. The molecule has 116 valence electrons. The Morgan fingerprint density at radius 1 is 1.14 bits per heavy atom. The van der Waals surface area contributed by atoms with Crippen LogP contribution in [0.3, 0.4) is 0 Å². The SMILES string of the molecule is O=C(Nc1ccc(NCC2CCCC2)cc1)c1sccc1Br. The Bertz CT molecular complexity index is 632. The fourth-order valence-corrected chi connectivity index (χ4v) is 4.24. The van der Waals surface area contributed by atoms with Crippen molar-refractivity contribution in [2.45, 2.75) is 25.7 Å². The molecule has 1 amide bonds. The molecule has 5 heteroatoms. The minimum absolute atomic E-state index is 0.0754. The molecule has 0 bridgehead atoms. The predicted molar refractivity (Wildman–Crippen MR) is 96.9 cm³/mol. The van der Waals surface area contributed by atoms with Crippen LogP contribution in [-0.4, -0.2) is 12.5 Å². The third-order valence-corrected chi connectivity index (χ3v) is 5.87. The van der Waals surface area contributed by atoms with Crippen molar-refractivity contribution in [2.75, 3.05) is 17.2 Å². The molecule has 1 fully saturated rings. The second kappa shape index (κ2) is 7.29. The zero-order chi connectivity index (χ0) is 15.4. The molecule has 0 saturated heterocycles. The summed E-state index contributed by atoms with van der Waals surface area (Å²) in [4.78, 5) is 12.8. The van der Waals surface area contributed by atoms with E-state index < -0.39 is 0 Å². The number of nitrogens with one attached hydrogen (secondary N) is 2. The average molecular weight is 379 g/mol. The summed E-state index contributed by atoms with van der Waals surface area (Å²) in [6.07, 6.45) is 5.43. The largest absolute Gasteiger partial charge is 0.385 e. The Labute approximate surface area is 143 Å². The van der Waals surface area contributed by atoms with Gasteiger partial charge in [-0.3, -0.25) is 4.79 Å². The van der Waals surface area contributed by atoms with Gasteiger partial charge in [0.2, 0.25) is 0 Å². The molecule has 0 spiro atoms. The lowest BCUT2D eigenvalue weighted by atomic mass is 10.1. The number of hydrogen-bond donors (Lipinski definition) is 2. The van der Waals surface area contributed by atoms with Crippen molar-refractivity contribution in [1.29, 1.82) is 0 Å². The summed E-state index contributed by atoms with van der Waals surface area (Å²) in [6, 6.07) is 9.81. The van der Waals surface area contributed by atoms with Crippen molar-refractivity contribution in [3.05, 3.63) is 45.1 Å². The number of hydrogen-bond acceptors (Lipinski definition) is 3. The second-order valence-corrected chi connectivity index (χ2v) is 7.43. The summed E-state index contributed by atoms with van der Waals surface area (Å²) in [7, 11) is 0. The first-order valence-electron chi connectivity index (χ1n) is 7.60. The molecule has 0 radical (unpaired) electrons. The van der Waals surface area contributed by atoms with Crippen molar-refractivity contribution in [1.82, 2.24) is 0 Å². The average Bonchev–Trinajstić information content (AvgIpc) is 3.18. The van der Waals surface area contributed by atoms with E-state index in [0.29, 0.717) is 4.88 Å². The van der Waals surface area contributed by atoms with Crippen LogP contribution in [0.2, 0.25) is 0 Å². The molecular formula is C17H19BrN2OS. The van der Waals surface area contributed by atoms with Crippen molar-refractivity contribution in [3.8, 4) is 0 Å². The number of anilines is 2. The lowest BCUT2D eigenvalue weighted by Gasteiger charge is -2.12. The van der Waals surface area contributed by atoms with Gasteiger partial charge in [-0.2, -0.15) is 0 Å². The summed E-state index contributed by atoms with van der Waals surface area (Å²) in [5.41, 5.74) is 1.93. The quantitative estimate of drug-likeness (QED) is 0.734. The highest BCUT2D eigenvalue weighted by Crippen LogP contribution is 2.26. The monoisotopic (exact) mass is 378 g/mol. The standard InChI is InChI=1S/C17H19BrN2OS/c18-15-9-10-22-16(15)17(21)20-14-7-5-13(6-8-14)19-11-12-3-1-2-4-12/h5-10,12,19H,1-4,11H2,(H,20,21). The normalized spacial score (nSPS) is 15.0. The smallest absolute Gasteiger partial charge is 0.266 e. The van der Waals surface area contributed by atoms with Crippen LogP contribution in [0.5, 0.6) is 0 Å². The maximum absolute atomic E-state index is 12.1. The van der Waals surface area contributed by atoms with Gasteiger partial charge in [0.05, 0.1) is 0 Å². The van der Waals surface area contributed by atoms with E-state index in [1.807, 2.05) is 35.7 Å². The molecule has 1 aliphatic rings. The van der Waals surface area contributed by atoms with Crippen molar-refractivity contribution < 1.29 is 4.79 Å². The fourth-order valence-electron chi connectivity index (χ4n) is 2.79. The van der Waals surface area contributed by atoms with Gasteiger partial charge in [0.15, 0.2) is 0 Å². The van der Waals surface area contributed by atoms with Crippen LogP contribution in [0, 0.1) is 5.92 Å². The minimum atomic E-state index is -0.0754. The highest BCUT2D eigenvalue weighted by atomic mass is 79.9. The van der Waals surface area contributed by atoms with Gasteiger partial charge in [-0.15, -0.1) is 11.3 Å². The van der Waals surface area contributed by atoms with Gasteiger partial charge in [-0.1, -0.05) is 12.8 Å². The number of amides is 1. The van der Waals surface area contributed by atoms with Crippen LogP contribution >= 0.6 is 27.3 Å².